The molecule has 1 aliphatic heterocycles. The number of pyridine rings is 1. The molecule has 1 aromatic heterocycles. The van der Waals surface area contributed by atoms with E-state index in [1.165, 1.54) is 12.3 Å². The molecule has 0 spiro atoms. The van der Waals surface area contributed by atoms with Crippen molar-refractivity contribution in [1.82, 2.24) is 4.98 Å². The lowest BCUT2D eigenvalue weighted by atomic mass is 10.3. The molecule has 0 amide bonds. The maximum atomic E-state index is 10.7. The highest BCUT2D eigenvalue weighted by atomic mass is 79.9. The third kappa shape index (κ3) is 2.17. The van der Waals surface area contributed by atoms with Gasteiger partial charge in [0.2, 0.25) is 0 Å². The molecular formula is C10H11BrN2O3. The number of halogens is 1. The average Bonchev–Trinajstić information content (AvgIpc) is 2.64. The number of β-amino-alcohol motifs (C(OH)–C–C–N with tert-alkyl or cyclic N) is 1. The molecule has 6 heteroatoms. The molecule has 16 heavy (non-hydrogen) atoms. The molecule has 1 aromatic rings. The summed E-state index contributed by atoms with van der Waals surface area (Å²) >= 11 is 3.30. The number of hydrogen-bond donors (Lipinski definition) is 2. The fourth-order valence-electron chi connectivity index (χ4n) is 1.71. The molecule has 0 saturated carbocycles. The molecule has 5 nitrogen and oxygen atoms in total. The summed E-state index contributed by atoms with van der Waals surface area (Å²) in [5.41, 5.74) is 0.148. The van der Waals surface area contributed by atoms with Gasteiger partial charge < -0.3 is 15.1 Å². The molecule has 0 unspecified atom stereocenters. The molecule has 1 atom stereocenters. The number of carboxylic acids is 1. The van der Waals surface area contributed by atoms with Crippen LogP contribution in [0.5, 0.6) is 0 Å². The van der Waals surface area contributed by atoms with E-state index in [4.69, 9.17) is 5.11 Å². The van der Waals surface area contributed by atoms with Gasteiger partial charge in [-0.25, -0.2) is 9.78 Å². The van der Waals surface area contributed by atoms with Crippen LogP contribution in [0.4, 0.5) is 5.82 Å². The van der Waals surface area contributed by atoms with Crippen LogP contribution in [0.2, 0.25) is 0 Å². The SMILES string of the molecule is O=C(O)c1cnc(N2CC[C@@H](O)C2)c(Br)c1. The Balaban J connectivity index is 2.26. The van der Waals surface area contributed by atoms with Crippen LogP contribution < -0.4 is 4.90 Å². The number of carboxylic acid groups (broad SMARTS) is 1. The topological polar surface area (TPSA) is 73.7 Å². The first-order chi connectivity index (χ1) is 7.58. The molecule has 1 aliphatic rings. The summed E-state index contributed by atoms with van der Waals surface area (Å²) in [7, 11) is 0. The lowest BCUT2D eigenvalue weighted by Crippen LogP contribution is -2.22. The molecule has 1 fully saturated rings. The van der Waals surface area contributed by atoms with Gasteiger partial charge in [0.15, 0.2) is 0 Å². The number of aromatic carboxylic acids is 1. The summed E-state index contributed by atoms with van der Waals surface area (Å²) in [6.45, 7) is 1.28. The predicted octanol–water partition coefficient (Wildman–Crippen LogP) is 1.11. The normalized spacial score (nSPS) is 20.1. The van der Waals surface area contributed by atoms with Gasteiger partial charge in [-0.05, 0) is 28.4 Å². The molecule has 0 radical (unpaired) electrons. The summed E-state index contributed by atoms with van der Waals surface area (Å²) in [5, 5.41) is 18.2. The first-order valence-corrected chi connectivity index (χ1v) is 5.69. The zero-order valence-electron chi connectivity index (χ0n) is 8.43. The Labute approximate surface area is 101 Å². The lowest BCUT2D eigenvalue weighted by molar-refractivity contribution is 0.0696. The van der Waals surface area contributed by atoms with E-state index in [2.05, 4.69) is 20.9 Å². The molecule has 0 aromatic carbocycles. The fraction of sp³-hybridized carbons (Fsp3) is 0.400. The third-order valence-electron chi connectivity index (χ3n) is 2.53. The van der Waals surface area contributed by atoms with Crippen molar-refractivity contribution in [3.63, 3.8) is 0 Å². The van der Waals surface area contributed by atoms with Gasteiger partial charge in [0.05, 0.1) is 16.1 Å². The second kappa shape index (κ2) is 4.39. The van der Waals surface area contributed by atoms with Gasteiger partial charge in [0.25, 0.3) is 0 Å². The number of carbonyl (C=O) groups is 1. The maximum absolute atomic E-state index is 10.7. The molecule has 2 rings (SSSR count). The molecule has 0 aliphatic carbocycles. The average molecular weight is 287 g/mol. The second-order valence-electron chi connectivity index (χ2n) is 3.72. The van der Waals surface area contributed by atoms with E-state index >= 15 is 0 Å². The molecular weight excluding hydrogens is 276 g/mol. The van der Waals surface area contributed by atoms with Crippen LogP contribution in [0.15, 0.2) is 16.7 Å². The van der Waals surface area contributed by atoms with Gasteiger partial charge in [-0.2, -0.15) is 0 Å². The minimum Gasteiger partial charge on any atom is -0.478 e. The smallest absolute Gasteiger partial charge is 0.337 e. The van der Waals surface area contributed by atoms with Crippen molar-refractivity contribution in [1.29, 1.82) is 0 Å². The summed E-state index contributed by atoms with van der Waals surface area (Å²) in [5.74, 6) is -0.317. The van der Waals surface area contributed by atoms with Gasteiger partial charge in [-0.3, -0.25) is 0 Å². The first-order valence-electron chi connectivity index (χ1n) is 4.90. The van der Waals surface area contributed by atoms with Crippen LogP contribution in [-0.2, 0) is 0 Å². The van der Waals surface area contributed by atoms with Crippen LogP contribution in [0, 0.1) is 0 Å². The van der Waals surface area contributed by atoms with Gasteiger partial charge in [-0.1, -0.05) is 0 Å². The highest BCUT2D eigenvalue weighted by Crippen LogP contribution is 2.27. The number of aromatic nitrogens is 1. The highest BCUT2D eigenvalue weighted by molar-refractivity contribution is 9.10. The minimum atomic E-state index is -0.999. The van der Waals surface area contributed by atoms with E-state index in [0.29, 0.717) is 16.8 Å². The summed E-state index contributed by atoms with van der Waals surface area (Å²) in [4.78, 5) is 16.8. The molecule has 1 saturated heterocycles. The Morgan fingerprint density at radius 3 is 2.88 bits per heavy atom. The van der Waals surface area contributed by atoms with Crippen molar-refractivity contribution in [2.45, 2.75) is 12.5 Å². The van der Waals surface area contributed by atoms with Crippen LogP contribution in [0.25, 0.3) is 0 Å². The van der Waals surface area contributed by atoms with Crippen molar-refractivity contribution >= 4 is 27.7 Å². The van der Waals surface area contributed by atoms with Crippen molar-refractivity contribution in [3.05, 3.63) is 22.3 Å². The van der Waals surface area contributed by atoms with Crippen LogP contribution in [0.3, 0.4) is 0 Å². The Bertz CT molecular complexity index is 425. The molecule has 86 valence electrons. The highest BCUT2D eigenvalue weighted by Gasteiger charge is 2.23. The summed E-state index contributed by atoms with van der Waals surface area (Å²) in [6, 6.07) is 1.52. The van der Waals surface area contributed by atoms with E-state index in [0.717, 1.165) is 13.0 Å². The van der Waals surface area contributed by atoms with Gasteiger partial charge in [0, 0.05) is 19.3 Å². The Morgan fingerprint density at radius 2 is 2.38 bits per heavy atom. The number of nitrogens with zero attached hydrogens (tertiary/aromatic N) is 2. The number of anilines is 1. The number of rotatable bonds is 2. The van der Waals surface area contributed by atoms with E-state index in [1.54, 1.807) is 0 Å². The molecule has 0 bridgehead atoms. The van der Waals surface area contributed by atoms with E-state index in [9.17, 15) is 9.90 Å². The zero-order chi connectivity index (χ0) is 11.7. The zero-order valence-corrected chi connectivity index (χ0v) is 10.0. The van der Waals surface area contributed by atoms with Gasteiger partial charge in [-0.15, -0.1) is 0 Å². The monoisotopic (exact) mass is 286 g/mol. The van der Waals surface area contributed by atoms with E-state index in [1.807, 2.05) is 4.90 Å². The number of aliphatic hydroxyl groups excluding tert-OH is 1. The maximum Gasteiger partial charge on any atom is 0.337 e. The first kappa shape index (κ1) is 11.3. The third-order valence-corrected chi connectivity index (χ3v) is 3.12. The lowest BCUT2D eigenvalue weighted by Gasteiger charge is -2.18. The van der Waals surface area contributed by atoms with Crippen LogP contribution in [0.1, 0.15) is 16.8 Å². The second-order valence-corrected chi connectivity index (χ2v) is 4.58. The van der Waals surface area contributed by atoms with Crippen molar-refractivity contribution < 1.29 is 15.0 Å². The van der Waals surface area contributed by atoms with Crippen LogP contribution in [-0.4, -0.2) is 40.4 Å². The summed E-state index contributed by atoms with van der Waals surface area (Å²) in [6.07, 6.45) is 1.72. The standard InChI is InChI=1S/C10H11BrN2O3/c11-8-3-6(10(15)16)4-12-9(8)13-2-1-7(14)5-13/h3-4,7,14H,1-2,5H2,(H,15,16)/t7-/m1/s1. The Hall–Kier alpha value is -1.14. The van der Waals surface area contributed by atoms with Gasteiger partial charge >= 0.3 is 5.97 Å². The van der Waals surface area contributed by atoms with Crippen molar-refractivity contribution in [3.8, 4) is 0 Å². The van der Waals surface area contributed by atoms with E-state index < -0.39 is 5.97 Å². The number of hydrogen-bond acceptors (Lipinski definition) is 4. The quantitative estimate of drug-likeness (QED) is 0.852. The van der Waals surface area contributed by atoms with Crippen molar-refractivity contribution in [2.75, 3.05) is 18.0 Å². The van der Waals surface area contributed by atoms with Gasteiger partial charge in [0.1, 0.15) is 5.82 Å². The fourth-order valence-corrected chi connectivity index (χ4v) is 2.31. The minimum absolute atomic E-state index is 0.148. The van der Waals surface area contributed by atoms with Crippen molar-refractivity contribution in [2.24, 2.45) is 0 Å². The van der Waals surface area contributed by atoms with Crippen LogP contribution >= 0.6 is 15.9 Å². The molecule has 2 heterocycles. The summed E-state index contributed by atoms with van der Waals surface area (Å²) < 4.78 is 0.640. The largest absolute Gasteiger partial charge is 0.478 e. The Kier molecular flexibility index (Phi) is 3.11. The Morgan fingerprint density at radius 1 is 1.62 bits per heavy atom. The van der Waals surface area contributed by atoms with E-state index in [-0.39, 0.29) is 11.7 Å². The predicted molar refractivity (Wildman–Crippen MR) is 61.7 cm³/mol. The number of aliphatic hydroxyl groups is 1. The molecule has 2 N–H and O–H groups in total.